The molecule has 57 heavy (non-hydrogen) atoms. The smallest absolute Gasteiger partial charge is 0.409 e. The maximum atomic E-state index is 14.2. The molecule has 3 heterocycles. The zero-order valence-corrected chi connectivity index (χ0v) is 34.7. The van der Waals surface area contributed by atoms with Gasteiger partial charge in [-0.3, -0.25) is 19.7 Å². The number of anilines is 1. The lowest BCUT2D eigenvalue weighted by Gasteiger charge is -2.42. The summed E-state index contributed by atoms with van der Waals surface area (Å²) in [4.78, 5) is 67.8. The number of nitrogens with one attached hydrogen (secondary N) is 2. The fourth-order valence-electron chi connectivity index (χ4n) is 7.26. The topological polar surface area (TPSA) is 206 Å². The summed E-state index contributed by atoms with van der Waals surface area (Å²) in [5.74, 6) is -2.19. The van der Waals surface area contributed by atoms with E-state index in [1.807, 2.05) is 13.0 Å². The van der Waals surface area contributed by atoms with Crippen LogP contribution < -0.4 is 20.3 Å². The fraction of sp³-hybridized carbons (Fsp3) is 0.625. The second-order valence-corrected chi connectivity index (χ2v) is 15.6. The number of unbranched alkanes of at least 4 members (excludes halogenated alkanes) is 2. The number of esters is 1. The number of ether oxygens (including phenoxy) is 5. The molecule has 2 saturated heterocycles. The van der Waals surface area contributed by atoms with E-state index >= 15 is 0 Å². The summed E-state index contributed by atoms with van der Waals surface area (Å²) in [5.41, 5.74) is -1.02. The molecule has 0 saturated carbocycles. The minimum absolute atomic E-state index is 0.0706. The summed E-state index contributed by atoms with van der Waals surface area (Å²) < 4.78 is 29.2. The van der Waals surface area contributed by atoms with Crippen LogP contribution in [0.1, 0.15) is 71.8 Å². The molecule has 316 valence electrons. The number of likely N-dealkylation sites (N-methyl/N-ethyl adjacent to an activating group) is 1. The van der Waals surface area contributed by atoms with E-state index in [9.17, 15) is 29.1 Å². The van der Waals surface area contributed by atoms with Gasteiger partial charge in [0.05, 0.1) is 25.3 Å². The lowest BCUT2D eigenvalue weighted by Crippen LogP contribution is -2.63. The number of rotatable bonds is 12. The number of nitrogens with zero attached hydrogens (tertiary/aromatic N) is 2. The highest BCUT2D eigenvalue weighted by Crippen LogP contribution is 2.49. The van der Waals surface area contributed by atoms with Crippen LogP contribution in [-0.4, -0.2) is 128 Å². The third-order valence-electron chi connectivity index (χ3n) is 11.1. The number of aliphatic hydroxyl groups excluding tert-OH is 1. The number of allylic oxidation sites excluding steroid dienone is 3. The molecule has 4 N–H and O–H groups in total. The van der Waals surface area contributed by atoms with Gasteiger partial charge in [0.15, 0.2) is 5.72 Å². The minimum atomic E-state index is -1.85. The van der Waals surface area contributed by atoms with Gasteiger partial charge >= 0.3 is 12.1 Å². The molecule has 0 aliphatic carbocycles. The Balaban J connectivity index is 1.63. The lowest BCUT2D eigenvalue weighted by atomic mass is 9.83. The van der Waals surface area contributed by atoms with E-state index in [2.05, 4.69) is 10.6 Å². The average Bonchev–Trinajstić information content (AvgIpc) is 3.87. The van der Waals surface area contributed by atoms with E-state index in [0.29, 0.717) is 43.7 Å². The Morgan fingerprint density at radius 1 is 1.19 bits per heavy atom. The van der Waals surface area contributed by atoms with E-state index in [1.54, 1.807) is 45.2 Å². The van der Waals surface area contributed by atoms with Crippen LogP contribution in [0.3, 0.4) is 0 Å². The first-order valence-corrected chi connectivity index (χ1v) is 19.5. The predicted molar refractivity (Wildman–Crippen MR) is 210 cm³/mol. The molecule has 0 aromatic heterocycles. The van der Waals surface area contributed by atoms with E-state index in [4.69, 9.17) is 40.4 Å². The molecule has 1 aromatic carbocycles. The zero-order valence-electron chi connectivity index (χ0n) is 34.0. The molecule has 3 aliphatic heterocycles. The van der Waals surface area contributed by atoms with Gasteiger partial charge in [-0.2, -0.15) is 0 Å². The van der Waals surface area contributed by atoms with Crippen LogP contribution in [0.2, 0.25) is 5.02 Å². The molecule has 8 atom stereocenters. The molecule has 0 radical (unpaired) electrons. The number of epoxide rings is 1. The highest BCUT2D eigenvalue weighted by Gasteiger charge is 2.64. The number of alkyl carbamates (subject to hydrolysis) is 1. The first-order chi connectivity index (χ1) is 26.9. The van der Waals surface area contributed by atoms with Crippen LogP contribution in [-0.2, 0) is 44.5 Å². The molecule has 2 fully saturated rings. The fourth-order valence-corrected chi connectivity index (χ4v) is 7.57. The van der Waals surface area contributed by atoms with Crippen LogP contribution in [0.4, 0.5) is 10.5 Å². The third kappa shape index (κ3) is 11.0. The number of carbonyl (C=O) groups is 5. The van der Waals surface area contributed by atoms with Crippen molar-refractivity contribution in [3.8, 4) is 5.75 Å². The highest BCUT2D eigenvalue weighted by molar-refractivity contribution is 6.35. The number of benzene rings is 1. The summed E-state index contributed by atoms with van der Waals surface area (Å²) in [5, 5.41) is 25.9. The number of methoxy groups -OCH3 is 2. The average molecular weight is 821 g/mol. The van der Waals surface area contributed by atoms with Crippen molar-refractivity contribution in [3.63, 3.8) is 0 Å². The first kappa shape index (κ1) is 45.5. The second-order valence-electron chi connectivity index (χ2n) is 15.2. The Hall–Kier alpha value is -4.22. The van der Waals surface area contributed by atoms with Crippen molar-refractivity contribution in [2.75, 3.05) is 46.4 Å². The number of hydrogen-bond acceptors (Lipinski definition) is 12. The summed E-state index contributed by atoms with van der Waals surface area (Å²) in [6.45, 7) is 6.71. The third-order valence-corrected chi connectivity index (χ3v) is 11.4. The van der Waals surface area contributed by atoms with Crippen LogP contribution in [0.25, 0.3) is 0 Å². The van der Waals surface area contributed by atoms with Crippen molar-refractivity contribution in [1.29, 1.82) is 0 Å². The Labute approximate surface area is 338 Å². The van der Waals surface area contributed by atoms with Gasteiger partial charge in [0.1, 0.15) is 47.3 Å². The molecule has 1 aromatic rings. The van der Waals surface area contributed by atoms with E-state index in [0.717, 1.165) is 11.1 Å². The number of carbonyl (C=O) groups excluding carboxylic acids is 5. The monoisotopic (exact) mass is 820 g/mol. The number of hydrogen-bond donors (Lipinski definition) is 4. The maximum Gasteiger partial charge on any atom is 0.409 e. The Bertz CT molecular complexity index is 1720. The van der Waals surface area contributed by atoms with Crippen LogP contribution in [0, 0.1) is 5.92 Å². The standard InChI is InChI=1S/C40H57ClN4O12/c1-23-13-12-14-30(54-8)40(52)21-29(55-38(51)43-40)24(2)36-39(4,57-36)31(20-34(49)45(6)27-18-26(17-23)19-28(53-7)35(27)41)56-37(50)25(3)44(5)33(48)15-10-9-11-16-42-32(47)22-46/h12-14,18-19,24-25,29-31,36,46,52H,9-11,15-17,20-22H2,1-8H3,(H,42,47)(H,43,51)/b14-12+,23-13+/t24-,25+,29+,30-,31+,36+,39+,40+/m1/s1. The molecule has 0 spiro atoms. The van der Waals surface area contributed by atoms with E-state index in [-0.39, 0.29) is 30.2 Å². The number of amides is 4. The van der Waals surface area contributed by atoms with Crippen molar-refractivity contribution >= 4 is 47.1 Å². The lowest BCUT2D eigenvalue weighted by molar-refractivity contribution is -0.162. The zero-order chi connectivity index (χ0) is 42.2. The Kier molecular flexibility index (Phi) is 15.5. The maximum absolute atomic E-state index is 14.2. The van der Waals surface area contributed by atoms with Gasteiger partial charge < -0.3 is 49.0 Å². The predicted octanol–water partition coefficient (Wildman–Crippen LogP) is 3.18. The van der Waals surface area contributed by atoms with Gasteiger partial charge in [-0.1, -0.05) is 48.7 Å². The van der Waals surface area contributed by atoms with Crippen molar-refractivity contribution in [2.45, 2.75) is 114 Å². The quantitative estimate of drug-likeness (QED) is 0.136. The second kappa shape index (κ2) is 19.5. The van der Waals surface area contributed by atoms with Gasteiger partial charge in [0.25, 0.3) is 0 Å². The molecular weight excluding hydrogens is 764 g/mol. The summed E-state index contributed by atoms with van der Waals surface area (Å²) >= 11 is 6.76. The van der Waals surface area contributed by atoms with Crippen molar-refractivity contribution in [1.82, 2.24) is 15.5 Å². The molecule has 4 rings (SSSR count). The minimum Gasteiger partial charge on any atom is -0.495 e. The van der Waals surface area contributed by atoms with Crippen molar-refractivity contribution in [3.05, 3.63) is 46.5 Å². The van der Waals surface area contributed by atoms with Gasteiger partial charge in [-0.05, 0) is 57.7 Å². The number of halogens is 1. The van der Waals surface area contributed by atoms with Crippen LogP contribution in [0.5, 0.6) is 5.75 Å². The molecular formula is C40H57ClN4O12. The molecule has 4 amide bonds. The van der Waals surface area contributed by atoms with Gasteiger partial charge in [-0.25, -0.2) is 9.59 Å². The Morgan fingerprint density at radius 2 is 1.91 bits per heavy atom. The van der Waals surface area contributed by atoms with E-state index < -0.39 is 78.2 Å². The van der Waals surface area contributed by atoms with Gasteiger partial charge in [0, 0.05) is 46.5 Å². The molecule has 17 heteroatoms. The largest absolute Gasteiger partial charge is 0.495 e. The van der Waals surface area contributed by atoms with Crippen LogP contribution in [0.15, 0.2) is 35.9 Å². The summed E-state index contributed by atoms with van der Waals surface area (Å²) in [7, 11) is 5.95. The van der Waals surface area contributed by atoms with Crippen molar-refractivity contribution < 1.29 is 57.9 Å². The summed E-state index contributed by atoms with van der Waals surface area (Å²) in [6, 6.07) is 2.53. The Morgan fingerprint density at radius 3 is 2.58 bits per heavy atom. The van der Waals surface area contributed by atoms with Gasteiger partial charge in [0.2, 0.25) is 17.7 Å². The number of fused-ring (bicyclic) bond motifs is 5. The molecule has 16 nitrogen and oxygen atoms in total. The molecule has 3 aliphatic rings. The van der Waals surface area contributed by atoms with Gasteiger partial charge in [-0.15, -0.1) is 0 Å². The SMILES string of the molecule is COc1cc2cc(c1Cl)N(C)C(=O)C[C@H](OC(=O)[C@H](C)N(C)C(=O)CCCCCNC(=O)CO)[C@]1(C)O[C@H]1[C@H](C)[C@@H]1C[C@@](O)(NC(=O)O1)[C@H](OC)/C=C/C=C(\C)C2. The molecule has 0 unspecified atom stereocenters. The normalized spacial score (nSPS) is 29.7. The highest BCUT2D eigenvalue weighted by atomic mass is 35.5. The van der Waals surface area contributed by atoms with Crippen LogP contribution >= 0.6 is 11.6 Å². The first-order valence-electron chi connectivity index (χ1n) is 19.1. The molecule has 4 bridgehead atoms. The van der Waals surface area contributed by atoms with E-state index in [1.165, 1.54) is 38.0 Å². The van der Waals surface area contributed by atoms with Crippen molar-refractivity contribution in [2.24, 2.45) is 5.92 Å². The summed E-state index contributed by atoms with van der Waals surface area (Å²) in [6.07, 6.45) is 2.63. The number of aliphatic hydroxyl groups is 2.